The first-order valence-corrected chi connectivity index (χ1v) is 8.08. The molecule has 0 spiro atoms. The smallest absolute Gasteiger partial charge is 0.133 e. The Labute approximate surface area is 124 Å². The molecule has 108 valence electrons. The Morgan fingerprint density at radius 3 is 2.55 bits per heavy atom. The average molecular weight is 290 g/mol. The monoisotopic (exact) mass is 290 g/mol. The summed E-state index contributed by atoms with van der Waals surface area (Å²) in [6, 6.07) is 6.18. The second-order valence-corrected chi connectivity index (χ2v) is 5.70. The largest absolute Gasteiger partial charge is 0.370 e. The van der Waals surface area contributed by atoms with E-state index in [1.54, 1.807) is 11.3 Å². The molecule has 2 heterocycles. The minimum atomic E-state index is 0.813. The van der Waals surface area contributed by atoms with E-state index in [1.165, 1.54) is 4.88 Å². The van der Waals surface area contributed by atoms with E-state index < -0.39 is 0 Å². The first kappa shape index (κ1) is 14.8. The van der Waals surface area contributed by atoms with E-state index in [-0.39, 0.29) is 0 Å². The molecule has 0 unspecified atom stereocenters. The van der Waals surface area contributed by atoms with Gasteiger partial charge in [0.2, 0.25) is 0 Å². The van der Waals surface area contributed by atoms with Gasteiger partial charge in [-0.15, -0.1) is 11.3 Å². The van der Waals surface area contributed by atoms with Gasteiger partial charge >= 0.3 is 0 Å². The van der Waals surface area contributed by atoms with Crippen molar-refractivity contribution in [1.82, 2.24) is 9.97 Å². The van der Waals surface area contributed by atoms with Crippen LogP contribution in [-0.2, 0) is 13.0 Å². The number of rotatable bonds is 8. The molecule has 0 atom stereocenters. The Hall–Kier alpha value is -1.62. The third kappa shape index (κ3) is 4.49. The molecule has 0 saturated carbocycles. The van der Waals surface area contributed by atoms with Crippen molar-refractivity contribution in [2.45, 2.75) is 39.7 Å². The fourth-order valence-electron chi connectivity index (χ4n) is 1.86. The number of aryl methyl sites for hydroxylation is 1. The molecule has 4 nitrogen and oxygen atoms in total. The van der Waals surface area contributed by atoms with Gasteiger partial charge in [0.1, 0.15) is 17.5 Å². The van der Waals surface area contributed by atoms with Crippen LogP contribution in [0.2, 0.25) is 0 Å². The lowest BCUT2D eigenvalue weighted by molar-refractivity contribution is 0.831. The van der Waals surface area contributed by atoms with E-state index in [2.05, 4.69) is 52.0 Å². The lowest BCUT2D eigenvalue weighted by Gasteiger charge is -2.10. The topological polar surface area (TPSA) is 49.8 Å². The third-order valence-electron chi connectivity index (χ3n) is 2.83. The number of nitrogens with zero attached hydrogens (tertiary/aromatic N) is 2. The summed E-state index contributed by atoms with van der Waals surface area (Å²) in [5, 5.41) is 8.81. The fourth-order valence-corrected chi connectivity index (χ4v) is 2.50. The molecule has 2 aromatic heterocycles. The van der Waals surface area contributed by atoms with Crippen LogP contribution in [0.15, 0.2) is 23.6 Å². The molecule has 5 heteroatoms. The normalized spacial score (nSPS) is 10.5. The van der Waals surface area contributed by atoms with Gasteiger partial charge < -0.3 is 10.6 Å². The molecule has 2 aromatic rings. The summed E-state index contributed by atoms with van der Waals surface area (Å²) in [5.41, 5.74) is 0. The first-order valence-electron chi connectivity index (χ1n) is 7.20. The Morgan fingerprint density at radius 2 is 1.90 bits per heavy atom. The van der Waals surface area contributed by atoms with Crippen LogP contribution in [0.1, 0.15) is 37.4 Å². The third-order valence-corrected chi connectivity index (χ3v) is 3.70. The Balaban J connectivity index is 2.06. The Bertz CT molecular complexity index is 511. The van der Waals surface area contributed by atoms with Crippen LogP contribution in [0.5, 0.6) is 0 Å². The molecule has 0 saturated heterocycles. The van der Waals surface area contributed by atoms with Gasteiger partial charge in [-0.05, 0) is 24.3 Å². The van der Waals surface area contributed by atoms with Crippen LogP contribution < -0.4 is 10.6 Å². The van der Waals surface area contributed by atoms with Crippen molar-refractivity contribution in [2.24, 2.45) is 0 Å². The van der Waals surface area contributed by atoms with Crippen molar-refractivity contribution < 1.29 is 0 Å². The lowest BCUT2D eigenvalue weighted by Crippen LogP contribution is -2.08. The molecule has 0 aromatic carbocycles. The van der Waals surface area contributed by atoms with Gasteiger partial charge in [-0.3, -0.25) is 0 Å². The van der Waals surface area contributed by atoms with Crippen molar-refractivity contribution in [3.63, 3.8) is 0 Å². The predicted octanol–water partition coefficient (Wildman–Crippen LogP) is 3.92. The SMILES string of the molecule is CCCNc1cc(NCc2cccs2)nc(CCC)n1. The highest BCUT2D eigenvalue weighted by Gasteiger charge is 2.04. The Kier molecular flexibility index (Phi) is 5.80. The van der Waals surface area contributed by atoms with Crippen molar-refractivity contribution >= 4 is 23.0 Å². The summed E-state index contributed by atoms with van der Waals surface area (Å²) in [6.07, 6.45) is 3.06. The van der Waals surface area contributed by atoms with Gasteiger partial charge in [0, 0.05) is 23.9 Å². The van der Waals surface area contributed by atoms with Gasteiger partial charge in [0.05, 0.1) is 6.54 Å². The highest BCUT2D eigenvalue weighted by Crippen LogP contribution is 2.15. The number of nitrogens with one attached hydrogen (secondary N) is 2. The van der Waals surface area contributed by atoms with E-state index in [4.69, 9.17) is 0 Å². The summed E-state index contributed by atoms with van der Waals surface area (Å²) >= 11 is 1.75. The van der Waals surface area contributed by atoms with E-state index in [0.29, 0.717) is 0 Å². The van der Waals surface area contributed by atoms with Crippen molar-refractivity contribution in [3.05, 3.63) is 34.3 Å². The van der Waals surface area contributed by atoms with Gasteiger partial charge in [-0.1, -0.05) is 19.9 Å². The Morgan fingerprint density at radius 1 is 1.10 bits per heavy atom. The molecule has 2 N–H and O–H groups in total. The highest BCUT2D eigenvalue weighted by molar-refractivity contribution is 7.09. The van der Waals surface area contributed by atoms with Crippen LogP contribution in [0, 0.1) is 0 Å². The molecular weight excluding hydrogens is 268 g/mol. The summed E-state index contributed by atoms with van der Waals surface area (Å²) in [7, 11) is 0. The molecule has 0 amide bonds. The first-order chi connectivity index (χ1) is 9.81. The molecule has 0 aliphatic carbocycles. The highest BCUT2D eigenvalue weighted by atomic mass is 32.1. The molecule has 0 aliphatic rings. The minimum Gasteiger partial charge on any atom is -0.370 e. The number of hydrogen-bond donors (Lipinski definition) is 2. The predicted molar refractivity (Wildman–Crippen MR) is 86.5 cm³/mol. The maximum atomic E-state index is 4.57. The van der Waals surface area contributed by atoms with Crippen molar-refractivity contribution in [2.75, 3.05) is 17.2 Å². The van der Waals surface area contributed by atoms with E-state index in [1.807, 2.05) is 6.07 Å². The van der Waals surface area contributed by atoms with Gasteiger partial charge in [-0.25, -0.2) is 9.97 Å². The zero-order valence-corrected chi connectivity index (χ0v) is 13.0. The summed E-state index contributed by atoms with van der Waals surface area (Å²) in [6.45, 7) is 6.05. The van der Waals surface area contributed by atoms with Gasteiger partial charge in [0.15, 0.2) is 0 Å². The molecule has 2 rings (SSSR count). The minimum absolute atomic E-state index is 0.813. The molecular formula is C15H22N4S. The summed E-state index contributed by atoms with van der Waals surface area (Å²) in [5.74, 6) is 2.72. The van der Waals surface area contributed by atoms with E-state index >= 15 is 0 Å². The lowest BCUT2D eigenvalue weighted by atomic mass is 10.3. The number of thiophene rings is 1. The fraction of sp³-hybridized carbons (Fsp3) is 0.467. The summed E-state index contributed by atoms with van der Waals surface area (Å²) in [4.78, 5) is 10.4. The van der Waals surface area contributed by atoms with E-state index in [9.17, 15) is 0 Å². The number of anilines is 2. The van der Waals surface area contributed by atoms with Crippen molar-refractivity contribution in [3.8, 4) is 0 Å². The maximum Gasteiger partial charge on any atom is 0.133 e. The second-order valence-electron chi connectivity index (χ2n) is 4.66. The quantitative estimate of drug-likeness (QED) is 0.773. The second kappa shape index (κ2) is 7.85. The van der Waals surface area contributed by atoms with Crippen LogP contribution in [0.3, 0.4) is 0 Å². The average Bonchev–Trinajstić information content (AvgIpc) is 2.96. The van der Waals surface area contributed by atoms with Crippen LogP contribution in [-0.4, -0.2) is 16.5 Å². The van der Waals surface area contributed by atoms with Gasteiger partial charge in [-0.2, -0.15) is 0 Å². The molecule has 0 bridgehead atoms. The standard InChI is InChI=1S/C15H22N4S/c1-3-6-13-18-14(16-8-4-2)10-15(19-13)17-11-12-7-5-9-20-12/h5,7,9-10H,3-4,6,8,11H2,1-2H3,(H2,16,17,18,19). The zero-order chi connectivity index (χ0) is 14.2. The molecule has 0 radical (unpaired) electrons. The molecule has 0 aliphatic heterocycles. The summed E-state index contributed by atoms with van der Waals surface area (Å²) < 4.78 is 0. The maximum absolute atomic E-state index is 4.57. The van der Waals surface area contributed by atoms with Crippen LogP contribution >= 0.6 is 11.3 Å². The van der Waals surface area contributed by atoms with Crippen LogP contribution in [0.25, 0.3) is 0 Å². The van der Waals surface area contributed by atoms with E-state index in [0.717, 1.165) is 49.8 Å². The molecule has 0 fully saturated rings. The number of aromatic nitrogens is 2. The zero-order valence-electron chi connectivity index (χ0n) is 12.1. The van der Waals surface area contributed by atoms with Crippen molar-refractivity contribution in [1.29, 1.82) is 0 Å². The molecule has 20 heavy (non-hydrogen) atoms. The van der Waals surface area contributed by atoms with Crippen LogP contribution in [0.4, 0.5) is 11.6 Å². The number of hydrogen-bond acceptors (Lipinski definition) is 5. The van der Waals surface area contributed by atoms with Gasteiger partial charge in [0.25, 0.3) is 0 Å².